The fraction of sp³-hybridized carbons (Fsp3) is 0.158. The molecular formula is C19H18N4O4. The number of aryl methyl sites for hydroxylation is 1. The first-order valence-electron chi connectivity index (χ1n) is 8.29. The summed E-state index contributed by atoms with van der Waals surface area (Å²) in [5, 5.41) is 22.0. The summed E-state index contributed by atoms with van der Waals surface area (Å²) >= 11 is 0. The summed E-state index contributed by atoms with van der Waals surface area (Å²) in [4.78, 5) is 23.8. The third kappa shape index (κ3) is 4.91. The molecule has 1 aromatic heterocycles. The Morgan fingerprint density at radius 1 is 1.00 bits per heavy atom. The summed E-state index contributed by atoms with van der Waals surface area (Å²) in [6, 6.07) is 13.4. The first-order valence-corrected chi connectivity index (χ1v) is 8.29. The normalized spacial score (nSPS) is 10.4. The number of anilines is 1. The smallest absolute Gasteiger partial charge is 0.313 e. The van der Waals surface area contributed by atoms with Crippen LogP contribution in [0.4, 0.5) is 5.69 Å². The SMILES string of the molecule is Cc1nnc(-c2ccc(NC(=O)C(=O)NCCc3ccc(O)cc3)cc2)o1. The number of carbonyl (C=O) groups is 2. The number of aromatic nitrogens is 2. The van der Waals surface area contributed by atoms with Gasteiger partial charge in [-0.3, -0.25) is 9.59 Å². The minimum atomic E-state index is -0.748. The second-order valence-electron chi connectivity index (χ2n) is 5.83. The van der Waals surface area contributed by atoms with E-state index in [1.807, 2.05) is 0 Å². The van der Waals surface area contributed by atoms with Crippen LogP contribution in [-0.2, 0) is 16.0 Å². The van der Waals surface area contributed by atoms with Crippen LogP contribution in [0.2, 0.25) is 0 Å². The number of amides is 2. The lowest BCUT2D eigenvalue weighted by Gasteiger charge is -2.07. The van der Waals surface area contributed by atoms with Gasteiger partial charge in [0.25, 0.3) is 0 Å². The van der Waals surface area contributed by atoms with Gasteiger partial charge in [-0.05, 0) is 48.4 Å². The zero-order valence-electron chi connectivity index (χ0n) is 14.6. The molecule has 0 spiro atoms. The van der Waals surface area contributed by atoms with E-state index in [2.05, 4.69) is 20.8 Å². The van der Waals surface area contributed by atoms with Crippen molar-refractivity contribution in [2.24, 2.45) is 0 Å². The third-order valence-electron chi connectivity index (χ3n) is 3.76. The zero-order chi connectivity index (χ0) is 19.2. The molecule has 0 aliphatic heterocycles. The Balaban J connectivity index is 1.49. The van der Waals surface area contributed by atoms with Crippen molar-refractivity contribution in [3.05, 3.63) is 60.0 Å². The molecule has 138 valence electrons. The minimum Gasteiger partial charge on any atom is -0.508 e. The quantitative estimate of drug-likeness (QED) is 0.595. The third-order valence-corrected chi connectivity index (χ3v) is 3.76. The Hall–Kier alpha value is -3.68. The van der Waals surface area contributed by atoms with Crippen LogP contribution in [0.15, 0.2) is 52.9 Å². The number of nitrogens with one attached hydrogen (secondary N) is 2. The van der Waals surface area contributed by atoms with E-state index in [-0.39, 0.29) is 5.75 Å². The Morgan fingerprint density at radius 2 is 1.70 bits per heavy atom. The van der Waals surface area contributed by atoms with Gasteiger partial charge >= 0.3 is 11.8 Å². The molecular weight excluding hydrogens is 348 g/mol. The van der Waals surface area contributed by atoms with Crippen LogP contribution in [0.25, 0.3) is 11.5 Å². The van der Waals surface area contributed by atoms with Crippen molar-refractivity contribution in [3.8, 4) is 17.2 Å². The van der Waals surface area contributed by atoms with Gasteiger partial charge in [-0.25, -0.2) is 0 Å². The zero-order valence-corrected chi connectivity index (χ0v) is 14.6. The lowest BCUT2D eigenvalue weighted by molar-refractivity contribution is -0.136. The van der Waals surface area contributed by atoms with Crippen LogP contribution in [0.3, 0.4) is 0 Å². The maximum absolute atomic E-state index is 12.0. The highest BCUT2D eigenvalue weighted by atomic mass is 16.4. The van der Waals surface area contributed by atoms with E-state index in [4.69, 9.17) is 4.42 Å². The molecule has 1 heterocycles. The van der Waals surface area contributed by atoms with Gasteiger partial charge in [-0.1, -0.05) is 12.1 Å². The Kier molecular flexibility index (Phi) is 5.46. The number of rotatable bonds is 5. The lowest BCUT2D eigenvalue weighted by Crippen LogP contribution is -2.36. The van der Waals surface area contributed by atoms with Gasteiger partial charge in [0.2, 0.25) is 11.8 Å². The van der Waals surface area contributed by atoms with E-state index in [0.29, 0.717) is 36.0 Å². The van der Waals surface area contributed by atoms with Crippen LogP contribution < -0.4 is 10.6 Å². The number of phenolic OH excluding ortho intramolecular Hbond substituents is 1. The molecule has 3 aromatic rings. The van der Waals surface area contributed by atoms with Gasteiger partial charge in [0.15, 0.2) is 0 Å². The molecule has 0 aliphatic rings. The topological polar surface area (TPSA) is 117 Å². The van der Waals surface area contributed by atoms with Crippen LogP contribution in [0.5, 0.6) is 5.75 Å². The highest BCUT2D eigenvalue weighted by Crippen LogP contribution is 2.20. The standard InChI is InChI=1S/C19H18N4O4/c1-12-22-23-19(27-12)14-4-6-15(7-5-14)21-18(26)17(25)20-11-10-13-2-8-16(24)9-3-13/h2-9,24H,10-11H2,1H3,(H,20,25)(H,21,26). The van der Waals surface area contributed by atoms with Gasteiger partial charge in [-0.15, -0.1) is 10.2 Å². The molecule has 2 aromatic carbocycles. The highest BCUT2D eigenvalue weighted by molar-refractivity contribution is 6.39. The number of benzene rings is 2. The Labute approximate surface area is 155 Å². The average Bonchev–Trinajstić information content (AvgIpc) is 3.10. The van der Waals surface area contributed by atoms with E-state index in [0.717, 1.165) is 5.56 Å². The number of phenols is 1. The summed E-state index contributed by atoms with van der Waals surface area (Å²) in [5.41, 5.74) is 2.14. The van der Waals surface area contributed by atoms with Gasteiger partial charge in [0.05, 0.1) is 0 Å². The van der Waals surface area contributed by atoms with E-state index < -0.39 is 11.8 Å². The van der Waals surface area contributed by atoms with Gasteiger partial charge in [0, 0.05) is 24.7 Å². The molecule has 0 saturated heterocycles. The first-order chi connectivity index (χ1) is 13.0. The highest BCUT2D eigenvalue weighted by Gasteiger charge is 2.13. The predicted octanol–water partition coefficient (Wildman–Crippen LogP) is 2.05. The number of aromatic hydroxyl groups is 1. The summed E-state index contributed by atoms with van der Waals surface area (Å²) < 4.78 is 5.33. The number of carbonyl (C=O) groups excluding carboxylic acids is 2. The molecule has 3 N–H and O–H groups in total. The van der Waals surface area contributed by atoms with Gasteiger partial charge in [-0.2, -0.15) is 0 Å². The van der Waals surface area contributed by atoms with E-state index in [1.165, 1.54) is 0 Å². The fourth-order valence-electron chi connectivity index (χ4n) is 2.36. The minimum absolute atomic E-state index is 0.183. The van der Waals surface area contributed by atoms with Crippen molar-refractivity contribution in [1.29, 1.82) is 0 Å². The summed E-state index contributed by atoms with van der Waals surface area (Å²) in [6.45, 7) is 2.01. The molecule has 3 rings (SSSR count). The Bertz CT molecular complexity index is 933. The molecule has 0 radical (unpaired) electrons. The Morgan fingerprint density at radius 3 is 2.33 bits per heavy atom. The molecule has 0 atom stereocenters. The number of hydrogen-bond donors (Lipinski definition) is 3. The molecule has 0 unspecified atom stereocenters. The van der Waals surface area contributed by atoms with Crippen molar-refractivity contribution in [2.75, 3.05) is 11.9 Å². The van der Waals surface area contributed by atoms with Crippen molar-refractivity contribution < 1.29 is 19.1 Å². The summed E-state index contributed by atoms with van der Waals surface area (Å²) in [7, 11) is 0. The van der Waals surface area contributed by atoms with Gasteiger partial charge < -0.3 is 20.2 Å². The number of hydrogen-bond acceptors (Lipinski definition) is 6. The molecule has 0 fully saturated rings. The molecule has 0 saturated carbocycles. The van der Waals surface area contributed by atoms with E-state index >= 15 is 0 Å². The van der Waals surface area contributed by atoms with Crippen LogP contribution >= 0.6 is 0 Å². The maximum atomic E-state index is 12.0. The maximum Gasteiger partial charge on any atom is 0.313 e. The molecule has 8 nitrogen and oxygen atoms in total. The number of nitrogens with zero attached hydrogens (tertiary/aromatic N) is 2. The predicted molar refractivity (Wildman–Crippen MR) is 97.9 cm³/mol. The molecule has 8 heteroatoms. The van der Waals surface area contributed by atoms with Crippen molar-refractivity contribution in [2.45, 2.75) is 13.3 Å². The largest absolute Gasteiger partial charge is 0.508 e. The molecule has 0 bridgehead atoms. The lowest BCUT2D eigenvalue weighted by atomic mass is 10.1. The summed E-state index contributed by atoms with van der Waals surface area (Å²) in [5.74, 6) is -0.432. The second kappa shape index (κ2) is 8.13. The second-order valence-corrected chi connectivity index (χ2v) is 5.83. The van der Waals surface area contributed by atoms with E-state index in [9.17, 15) is 14.7 Å². The molecule has 27 heavy (non-hydrogen) atoms. The van der Waals surface area contributed by atoms with Crippen molar-refractivity contribution in [1.82, 2.24) is 15.5 Å². The van der Waals surface area contributed by atoms with Gasteiger partial charge in [0.1, 0.15) is 5.75 Å². The fourth-order valence-corrected chi connectivity index (χ4v) is 2.36. The van der Waals surface area contributed by atoms with Crippen molar-refractivity contribution in [3.63, 3.8) is 0 Å². The molecule has 0 aliphatic carbocycles. The van der Waals surface area contributed by atoms with Crippen LogP contribution in [0.1, 0.15) is 11.5 Å². The monoisotopic (exact) mass is 366 g/mol. The molecule has 2 amide bonds. The van der Waals surface area contributed by atoms with Crippen molar-refractivity contribution >= 4 is 17.5 Å². The van der Waals surface area contributed by atoms with E-state index in [1.54, 1.807) is 55.5 Å². The average molecular weight is 366 g/mol. The first kappa shape index (κ1) is 18.1. The summed E-state index contributed by atoms with van der Waals surface area (Å²) in [6.07, 6.45) is 0.553. The van der Waals surface area contributed by atoms with Crippen LogP contribution in [-0.4, -0.2) is 33.7 Å². The van der Waals surface area contributed by atoms with Crippen LogP contribution in [0, 0.1) is 6.92 Å².